The molecular formula is C7H18N2OS. The van der Waals surface area contributed by atoms with Crippen LogP contribution in [0.2, 0.25) is 0 Å². The molecule has 0 rings (SSSR count). The summed E-state index contributed by atoms with van der Waals surface area (Å²) >= 11 is 1.80. The van der Waals surface area contributed by atoms with Gasteiger partial charge in [-0.05, 0) is 13.3 Å². The van der Waals surface area contributed by atoms with Gasteiger partial charge >= 0.3 is 0 Å². The number of nitrogens with zero attached hydrogens (tertiary/aromatic N) is 1. The monoisotopic (exact) mass is 178 g/mol. The normalized spacial score (nSPS) is 13.9. The lowest BCUT2D eigenvalue weighted by Crippen LogP contribution is -2.41. The fraction of sp³-hybridized carbons (Fsp3) is 1.00. The first-order valence-electron chi connectivity index (χ1n) is 3.76. The minimum atomic E-state index is 0.127. The summed E-state index contributed by atoms with van der Waals surface area (Å²) in [7, 11) is 1.99. The van der Waals surface area contributed by atoms with E-state index < -0.39 is 0 Å². The van der Waals surface area contributed by atoms with Crippen molar-refractivity contribution < 1.29 is 5.11 Å². The lowest BCUT2D eigenvalue weighted by Gasteiger charge is -2.24. The standard InChI is InChI=1S/C7H18N2OS/c1-9(3-4-11-2)7(5-8)6-10/h7,10H,3-6,8H2,1-2H3. The highest BCUT2D eigenvalue weighted by Gasteiger charge is 2.09. The number of hydrogen-bond acceptors (Lipinski definition) is 4. The zero-order chi connectivity index (χ0) is 8.69. The Bertz CT molecular complexity index is 88.5. The SMILES string of the molecule is CSCCN(C)C(CN)CO. The number of thioether (sulfide) groups is 1. The van der Waals surface area contributed by atoms with Crippen molar-refractivity contribution in [1.82, 2.24) is 4.90 Å². The zero-order valence-electron chi connectivity index (χ0n) is 7.29. The summed E-state index contributed by atoms with van der Waals surface area (Å²) in [6, 6.07) is 0.127. The molecule has 0 aromatic carbocycles. The minimum Gasteiger partial charge on any atom is -0.395 e. The van der Waals surface area contributed by atoms with Crippen molar-refractivity contribution in [3.05, 3.63) is 0 Å². The van der Waals surface area contributed by atoms with Crippen molar-refractivity contribution in [2.75, 3.05) is 38.8 Å². The molecule has 0 aromatic heterocycles. The molecule has 3 N–H and O–H groups in total. The van der Waals surface area contributed by atoms with Crippen LogP contribution in [0.5, 0.6) is 0 Å². The Kier molecular flexibility index (Phi) is 7.06. The summed E-state index contributed by atoms with van der Waals surface area (Å²) in [6.07, 6.45) is 2.07. The molecular weight excluding hydrogens is 160 g/mol. The number of rotatable bonds is 6. The molecule has 68 valence electrons. The summed E-state index contributed by atoms with van der Waals surface area (Å²) in [5.74, 6) is 1.09. The summed E-state index contributed by atoms with van der Waals surface area (Å²) in [5.41, 5.74) is 5.45. The lowest BCUT2D eigenvalue weighted by molar-refractivity contribution is 0.158. The largest absolute Gasteiger partial charge is 0.395 e. The quantitative estimate of drug-likeness (QED) is 0.581. The highest BCUT2D eigenvalue weighted by Crippen LogP contribution is 1.97. The summed E-state index contributed by atoms with van der Waals surface area (Å²) in [5, 5.41) is 8.87. The van der Waals surface area contributed by atoms with Crippen LogP contribution < -0.4 is 5.73 Å². The molecule has 11 heavy (non-hydrogen) atoms. The molecule has 0 amide bonds. The molecule has 0 heterocycles. The Morgan fingerprint density at radius 1 is 1.64 bits per heavy atom. The molecule has 0 aliphatic heterocycles. The number of aliphatic hydroxyl groups is 1. The van der Waals surface area contributed by atoms with Crippen LogP contribution in [-0.4, -0.2) is 54.8 Å². The predicted molar refractivity (Wildman–Crippen MR) is 50.9 cm³/mol. The van der Waals surface area contributed by atoms with E-state index in [-0.39, 0.29) is 12.6 Å². The van der Waals surface area contributed by atoms with E-state index in [1.165, 1.54) is 0 Å². The molecule has 4 heteroatoms. The van der Waals surface area contributed by atoms with E-state index in [0.717, 1.165) is 12.3 Å². The molecule has 0 bridgehead atoms. The van der Waals surface area contributed by atoms with Gasteiger partial charge in [-0.15, -0.1) is 0 Å². The van der Waals surface area contributed by atoms with Crippen molar-refractivity contribution in [3.8, 4) is 0 Å². The summed E-state index contributed by atoms with van der Waals surface area (Å²) in [6.45, 7) is 1.67. The average molecular weight is 178 g/mol. The fourth-order valence-electron chi connectivity index (χ4n) is 0.812. The second kappa shape index (κ2) is 6.91. The van der Waals surface area contributed by atoms with Crippen molar-refractivity contribution >= 4 is 11.8 Å². The predicted octanol–water partition coefficient (Wildman–Crippen LogP) is -0.399. The topological polar surface area (TPSA) is 49.5 Å². The molecule has 3 nitrogen and oxygen atoms in total. The molecule has 0 saturated carbocycles. The molecule has 0 spiro atoms. The van der Waals surface area contributed by atoms with E-state index in [0.29, 0.717) is 6.54 Å². The van der Waals surface area contributed by atoms with Crippen LogP contribution in [0, 0.1) is 0 Å². The third-order valence-electron chi connectivity index (χ3n) is 1.75. The van der Waals surface area contributed by atoms with Gasteiger partial charge in [0.25, 0.3) is 0 Å². The van der Waals surface area contributed by atoms with Gasteiger partial charge in [0, 0.05) is 24.9 Å². The highest BCUT2D eigenvalue weighted by atomic mass is 32.2. The van der Waals surface area contributed by atoms with Crippen LogP contribution in [0.4, 0.5) is 0 Å². The van der Waals surface area contributed by atoms with Gasteiger partial charge in [-0.1, -0.05) is 0 Å². The first-order chi connectivity index (χ1) is 5.26. The molecule has 0 radical (unpaired) electrons. The van der Waals surface area contributed by atoms with Gasteiger partial charge in [0.1, 0.15) is 0 Å². The Labute approximate surface area is 72.9 Å². The van der Waals surface area contributed by atoms with Crippen molar-refractivity contribution in [3.63, 3.8) is 0 Å². The number of likely N-dealkylation sites (N-methyl/N-ethyl adjacent to an activating group) is 1. The van der Waals surface area contributed by atoms with Crippen LogP contribution in [0.1, 0.15) is 0 Å². The van der Waals surface area contributed by atoms with Crippen LogP contribution in [0.3, 0.4) is 0 Å². The first-order valence-corrected chi connectivity index (χ1v) is 5.15. The third-order valence-corrected chi connectivity index (χ3v) is 2.35. The van der Waals surface area contributed by atoms with E-state index in [1.807, 2.05) is 7.05 Å². The number of aliphatic hydroxyl groups excluding tert-OH is 1. The lowest BCUT2D eigenvalue weighted by atomic mass is 10.3. The second-order valence-electron chi connectivity index (χ2n) is 2.55. The average Bonchev–Trinajstić information content (AvgIpc) is 2.03. The summed E-state index contributed by atoms with van der Waals surface area (Å²) in [4.78, 5) is 2.09. The number of hydrogen-bond donors (Lipinski definition) is 2. The van der Waals surface area contributed by atoms with Gasteiger partial charge in [0.2, 0.25) is 0 Å². The van der Waals surface area contributed by atoms with Gasteiger partial charge in [-0.25, -0.2) is 0 Å². The molecule has 0 fully saturated rings. The van der Waals surface area contributed by atoms with E-state index in [2.05, 4.69) is 11.2 Å². The zero-order valence-corrected chi connectivity index (χ0v) is 8.10. The smallest absolute Gasteiger partial charge is 0.0599 e. The van der Waals surface area contributed by atoms with Crippen LogP contribution in [-0.2, 0) is 0 Å². The Hall–Kier alpha value is 0.230. The second-order valence-corrected chi connectivity index (χ2v) is 3.53. The Morgan fingerprint density at radius 3 is 2.64 bits per heavy atom. The van der Waals surface area contributed by atoms with E-state index in [1.54, 1.807) is 11.8 Å². The molecule has 0 aliphatic rings. The number of nitrogens with two attached hydrogens (primary N) is 1. The van der Waals surface area contributed by atoms with Crippen molar-refractivity contribution in [2.24, 2.45) is 5.73 Å². The van der Waals surface area contributed by atoms with E-state index in [4.69, 9.17) is 10.8 Å². The minimum absolute atomic E-state index is 0.127. The fourth-order valence-corrected chi connectivity index (χ4v) is 1.28. The van der Waals surface area contributed by atoms with Crippen molar-refractivity contribution in [2.45, 2.75) is 6.04 Å². The van der Waals surface area contributed by atoms with Gasteiger partial charge in [0.05, 0.1) is 6.61 Å². The maximum absolute atomic E-state index is 8.87. The third kappa shape index (κ3) is 4.63. The molecule has 0 saturated heterocycles. The maximum atomic E-state index is 8.87. The maximum Gasteiger partial charge on any atom is 0.0599 e. The van der Waals surface area contributed by atoms with Gasteiger partial charge in [-0.2, -0.15) is 11.8 Å². The van der Waals surface area contributed by atoms with Crippen LogP contribution in [0.15, 0.2) is 0 Å². The molecule has 1 unspecified atom stereocenters. The molecule has 0 aliphatic carbocycles. The highest BCUT2D eigenvalue weighted by molar-refractivity contribution is 7.98. The Morgan fingerprint density at radius 2 is 2.27 bits per heavy atom. The van der Waals surface area contributed by atoms with Crippen LogP contribution >= 0.6 is 11.8 Å². The molecule has 1 atom stereocenters. The van der Waals surface area contributed by atoms with Crippen molar-refractivity contribution in [1.29, 1.82) is 0 Å². The first kappa shape index (κ1) is 11.2. The van der Waals surface area contributed by atoms with E-state index in [9.17, 15) is 0 Å². The van der Waals surface area contributed by atoms with Gasteiger partial charge in [-0.3, -0.25) is 4.90 Å². The van der Waals surface area contributed by atoms with Crippen LogP contribution in [0.25, 0.3) is 0 Å². The van der Waals surface area contributed by atoms with Gasteiger partial charge in [0.15, 0.2) is 0 Å². The summed E-state index contributed by atoms with van der Waals surface area (Å²) < 4.78 is 0. The van der Waals surface area contributed by atoms with Gasteiger partial charge < -0.3 is 10.8 Å². The van der Waals surface area contributed by atoms with E-state index >= 15 is 0 Å². The molecule has 0 aromatic rings. The Balaban J connectivity index is 3.51.